The van der Waals surface area contributed by atoms with E-state index in [2.05, 4.69) is 25.5 Å². The third kappa shape index (κ3) is 4.02. The predicted molar refractivity (Wildman–Crippen MR) is 106 cm³/mol. The lowest BCUT2D eigenvalue weighted by molar-refractivity contribution is -0.116. The van der Waals surface area contributed by atoms with E-state index in [0.717, 1.165) is 5.56 Å². The van der Waals surface area contributed by atoms with Gasteiger partial charge in [0.15, 0.2) is 5.65 Å². The molecule has 0 spiro atoms. The van der Waals surface area contributed by atoms with Crippen LogP contribution in [0.5, 0.6) is 0 Å². The topological polar surface area (TPSA) is 90.5 Å². The van der Waals surface area contributed by atoms with Gasteiger partial charge in [0.1, 0.15) is 12.9 Å². The SMILES string of the molecule is Cc1cc(C(F)F)c2c(C)nn(CC(=O)Nc3ncn(Cc4ccccc4)n3)c2n1. The van der Waals surface area contributed by atoms with Crippen LogP contribution in [0.15, 0.2) is 42.7 Å². The third-order valence-corrected chi connectivity index (χ3v) is 4.54. The van der Waals surface area contributed by atoms with Gasteiger partial charge in [-0.25, -0.2) is 28.1 Å². The van der Waals surface area contributed by atoms with Crippen molar-refractivity contribution in [3.63, 3.8) is 0 Å². The molecule has 8 nitrogen and oxygen atoms in total. The van der Waals surface area contributed by atoms with Crippen LogP contribution in [0.2, 0.25) is 0 Å². The standard InChI is InChI=1S/C20H19F2N7O/c1-12-8-15(18(21)22)17-13(2)26-29(19(17)24-12)10-16(30)25-20-23-11-28(27-20)9-14-6-4-3-5-7-14/h3-8,11,18H,9-10H2,1-2H3,(H,25,27,30). The average Bonchev–Trinajstić information content (AvgIpc) is 3.26. The monoisotopic (exact) mass is 411 g/mol. The van der Waals surface area contributed by atoms with Crippen LogP contribution < -0.4 is 5.32 Å². The second-order valence-electron chi connectivity index (χ2n) is 6.89. The van der Waals surface area contributed by atoms with Crippen molar-refractivity contribution in [2.45, 2.75) is 33.4 Å². The number of hydrogen-bond acceptors (Lipinski definition) is 5. The summed E-state index contributed by atoms with van der Waals surface area (Å²) < 4.78 is 29.8. The summed E-state index contributed by atoms with van der Waals surface area (Å²) in [7, 11) is 0. The van der Waals surface area contributed by atoms with Crippen LogP contribution in [-0.2, 0) is 17.9 Å². The van der Waals surface area contributed by atoms with Gasteiger partial charge in [0.25, 0.3) is 6.43 Å². The molecular formula is C20H19F2N7O. The van der Waals surface area contributed by atoms with Crippen molar-refractivity contribution >= 4 is 22.9 Å². The molecular weight excluding hydrogens is 392 g/mol. The second-order valence-corrected chi connectivity index (χ2v) is 6.89. The fourth-order valence-electron chi connectivity index (χ4n) is 3.30. The number of amides is 1. The number of pyridine rings is 1. The van der Waals surface area contributed by atoms with Gasteiger partial charge in [-0.15, -0.1) is 5.10 Å². The largest absolute Gasteiger partial charge is 0.292 e. The van der Waals surface area contributed by atoms with Gasteiger partial charge in [-0.05, 0) is 25.5 Å². The Kier molecular flexibility index (Phi) is 5.21. The molecule has 0 aliphatic rings. The van der Waals surface area contributed by atoms with Crippen molar-refractivity contribution in [3.05, 3.63) is 65.2 Å². The van der Waals surface area contributed by atoms with Crippen LogP contribution in [-0.4, -0.2) is 35.4 Å². The van der Waals surface area contributed by atoms with Gasteiger partial charge in [-0.2, -0.15) is 5.10 Å². The molecule has 1 N–H and O–H groups in total. The maximum atomic E-state index is 13.4. The summed E-state index contributed by atoms with van der Waals surface area (Å²) in [5.41, 5.74) is 1.99. The minimum Gasteiger partial charge on any atom is -0.292 e. The van der Waals surface area contributed by atoms with Crippen LogP contribution in [0.25, 0.3) is 11.0 Å². The van der Waals surface area contributed by atoms with E-state index in [1.165, 1.54) is 17.1 Å². The lowest BCUT2D eigenvalue weighted by atomic mass is 10.1. The number of nitrogens with one attached hydrogen (secondary N) is 1. The first kappa shape index (κ1) is 19.6. The van der Waals surface area contributed by atoms with Crippen LogP contribution in [0.4, 0.5) is 14.7 Å². The summed E-state index contributed by atoms with van der Waals surface area (Å²) in [5, 5.41) is 11.3. The maximum absolute atomic E-state index is 13.4. The summed E-state index contributed by atoms with van der Waals surface area (Å²) in [5.74, 6) is -0.278. The van der Waals surface area contributed by atoms with E-state index in [4.69, 9.17) is 0 Å². The number of aromatic nitrogens is 6. The molecule has 3 heterocycles. The van der Waals surface area contributed by atoms with Gasteiger partial charge < -0.3 is 0 Å². The zero-order valence-electron chi connectivity index (χ0n) is 16.4. The molecule has 0 saturated carbocycles. The van der Waals surface area contributed by atoms with Crippen molar-refractivity contribution in [3.8, 4) is 0 Å². The molecule has 0 atom stereocenters. The van der Waals surface area contributed by atoms with Gasteiger partial charge in [-0.3, -0.25) is 10.1 Å². The maximum Gasteiger partial charge on any atom is 0.264 e. The molecule has 0 saturated heterocycles. The van der Waals surface area contributed by atoms with Gasteiger partial charge >= 0.3 is 0 Å². The summed E-state index contributed by atoms with van der Waals surface area (Å²) >= 11 is 0. The first-order valence-electron chi connectivity index (χ1n) is 9.26. The Hall–Kier alpha value is -3.69. The Labute approximate surface area is 170 Å². The number of carbonyl (C=O) groups is 1. The van der Waals surface area contributed by atoms with E-state index < -0.39 is 12.3 Å². The molecule has 154 valence electrons. The Morgan fingerprint density at radius 2 is 1.93 bits per heavy atom. The van der Waals surface area contributed by atoms with Crippen LogP contribution in [0.1, 0.15) is 28.9 Å². The molecule has 0 aliphatic carbocycles. The van der Waals surface area contributed by atoms with E-state index in [1.807, 2.05) is 30.3 Å². The highest BCUT2D eigenvalue weighted by Crippen LogP contribution is 2.29. The van der Waals surface area contributed by atoms with Crippen molar-refractivity contribution in [1.82, 2.24) is 29.5 Å². The number of benzene rings is 1. The summed E-state index contributed by atoms with van der Waals surface area (Å²) in [6, 6.07) is 11.1. The van der Waals surface area contributed by atoms with Crippen molar-refractivity contribution in [1.29, 1.82) is 0 Å². The quantitative estimate of drug-likeness (QED) is 0.526. The fourth-order valence-corrected chi connectivity index (χ4v) is 3.30. The van der Waals surface area contributed by atoms with E-state index in [1.54, 1.807) is 18.5 Å². The Morgan fingerprint density at radius 3 is 2.67 bits per heavy atom. The molecule has 0 radical (unpaired) electrons. The second kappa shape index (κ2) is 7.97. The predicted octanol–water partition coefficient (Wildman–Crippen LogP) is 3.26. The number of fused-ring (bicyclic) bond motifs is 1. The van der Waals surface area contributed by atoms with Crippen molar-refractivity contribution in [2.75, 3.05) is 5.32 Å². The summed E-state index contributed by atoms with van der Waals surface area (Å²) in [4.78, 5) is 20.9. The smallest absolute Gasteiger partial charge is 0.264 e. The number of anilines is 1. The van der Waals surface area contributed by atoms with Gasteiger partial charge in [0, 0.05) is 11.3 Å². The first-order valence-corrected chi connectivity index (χ1v) is 9.26. The minimum absolute atomic E-state index is 0.136. The fraction of sp³-hybridized carbons (Fsp3) is 0.250. The van der Waals surface area contributed by atoms with Crippen molar-refractivity contribution < 1.29 is 13.6 Å². The highest BCUT2D eigenvalue weighted by molar-refractivity contribution is 5.90. The Morgan fingerprint density at radius 1 is 1.17 bits per heavy atom. The Balaban J connectivity index is 1.50. The van der Waals surface area contributed by atoms with Crippen LogP contribution >= 0.6 is 0 Å². The molecule has 0 fully saturated rings. The summed E-state index contributed by atoms with van der Waals surface area (Å²) in [6.45, 7) is 3.57. The highest BCUT2D eigenvalue weighted by atomic mass is 19.3. The lowest BCUT2D eigenvalue weighted by Gasteiger charge is -2.06. The van der Waals surface area contributed by atoms with Crippen LogP contribution in [0.3, 0.4) is 0 Å². The van der Waals surface area contributed by atoms with E-state index in [9.17, 15) is 13.6 Å². The van der Waals surface area contributed by atoms with Gasteiger partial charge in [0.2, 0.25) is 11.9 Å². The van der Waals surface area contributed by atoms with E-state index >= 15 is 0 Å². The molecule has 1 amide bonds. The highest BCUT2D eigenvalue weighted by Gasteiger charge is 2.21. The van der Waals surface area contributed by atoms with Gasteiger partial charge in [0.05, 0.1) is 17.6 Å². The molecule has 30 heavy (non-hydrogen) atoms. The number of alkyl halides is 2. The molecule has 1 aromatic carbocycles. The van der Waals surface area contributed by atoms with E-state index in [0.29, 0.717) is 17.9 Å². The minimum atomic E-state index is -2.66. The number of hydrogen-bond donors (Lipinski definition) is 1. The molecule has 0 unspecified atom stereocenters. The number of nitrogens with zero attached hydrogens (tertiary/aromatic N) is 6. The Bertz CT molecular complexity index is 1200. The molecule has 4 rings (SSSR count). The third-order valence-electron chi connectivity index (χ3n) is 4.54. The zero-order chi connectivity index (χ0) is 21.3. The lowest BCUT2D eigenvalue weighted by Crippen LogP contribution is -2.20. The normalized spacial score (nSPS) is 11.4. The van der Waals surface area contributed by atoms with Crippen LogP contribution in [0, 0.1) is 13.8 Å². The number of rotatable bonds is 6. The number of carbonyl (C=O) groups excluding carboxylic acids is 1. The van der Waals surface area contributed by atoms with Crippen molar-refractivity contribution in [2.24, 2.45) is 0 Å². The molecule has 3 aromatic heterocycles. The molecule has 10 heteroatoms. The van der Waals surface area contributed by atoms with E-state index in [-0.39, 0.29) is 29.1 Å². The zero-order valence-corrected chi connectivity index (χ0v) is 16.4. The summed E-state index contributed by atoms with van der Waals surface area (Å²) in [6.07, 6.45) is -1.13. The number of aryl methyl sites for hydroxylation is 2. The molecule has 0 bridgehead atoms. The number of halogens is 2. The average molecular weight is 411 g/mol. The molecule has 4 aromatic rings. The molecule has 0 aliphatic heterocycles. The first-order chi connectivity index (χ1) is 14.4. The van der Waals surface area contributed by atoms with Gasteiger partial charge in [-0.1, -0.05) is 30.3 Å².